The van der Waals surface area contributed by atoms with E-state index in [9.17, 15) is 4.79 Å². The molecule has 5 heteroatoms. The number of halogens is 1. The van der Waals surface area contributed by atoms with E-state index >= 15 is 0 Å². The molecule has 0 bridgehead atoms. The lowest BCUT2D eigenvalue weighted by Gasteiger charge is -2.26. The molecule has 0 fully saturated rings. The molecule has 0 aromatic heterocycles. The second-order valence-corrected chi connectivity index (χ2v) is 5.68. The van der Waals surface area contributed by atoms with Gasteiger partial charge in [0.25, 0.3) is 0 Å². The first kappa shape index (κ1) is 12.6. The third-order valence-electron chi connectivity index (χ3n) is 3.04. The average Bonchev–Trinajstić information content (AvgIpc) is 2.45. The predicted octanol–water partition coefficient (Wildman–Crippen LogP) is 3.63. The molecule has 0 spiro atoms. The van der Waals surface area contributed by atoms with Crippen molar-refractivity contribution in [2.75, 3.05) is 12.9 Å². The lowest BCUT2D eigenvalue weighted by atomic mass is 10.0. The Morgan fingerprint density at radius 2 is 2.32 bits per heavy atom. The maximum Gasteiger partial charge on any atom is 0.373 e. The number of thioether (sulfide) groups is 1. The number of carbonyl (C=O) groups excluding carboxylic acids is 1. The molecule has 0 saturated heterocycles. The number of carbonyl (C=O) groups is 1. The fourth-order valence-electron chi connectivity index (χ4n) is 2.10. The molecular weight excluding hydrogens is 284 g/mol. The molecular formula is C14H11ClO3S. The van der Waals surface area contributed by atoms with E-state index in [-0.39, 0.29) is 5.76 Å². The van der Waals surface area contributed by atoms with Crippen molar-refractivity contribution in [2.24, 2.45) is 0 Å². The molecule has 2 aliphatic rings. The summed E-state index contributed by atoms with van der Waals surface area (Å²) in [6, 6.07) is 5.71. The molecule has 98 valence electrons. The van der Waals surface area contributed by atoms with Gasteiger partial charge in [-0.25, -0.2) is 4.79 Å². The summed E-state index contributed by atoms with van der Waals surface area (Å²) in [7, 11) is 1.35. The number of esters is 1. The van der Waals surface area contributed by atoms with Crippen LogP contribution in [0.5, 0.6) is 0 Å². The number of fused-ring (bicyclic) bond motifs is 2. The monoisotopic (exact) mass is 294 g/mol. The van der Waals surface area contributed by atoms with E-state index in [1.807, 2.05) is 18.2 Å². The van der Waals surface area contributed by atoms with Gasteiger partial charge in [0.15, 0.2) is 0 Å². The van der Waals surface area contributed by atoms with Gasteiger partial charge in [0.05, 0.1) is 7.11 Å². The smallest absolute Gasteiger partial charge is 0.373 e. The van der Waals surface area contributed by atoms with Gasteiger partial charge in [0.1, 0.15) is 5.76 Å². The van der Waals surface area contributed by atoms with Crippen LogP contribution in [0.1, 0.15) is 12.0 Å². The van der Waals surface area contributed by atoms with E-state index in [1.165, 1.54) is 12.7 Å². The first-order chi connectivity index (χ1) is 9.19. The molecule has 0 unspecified atom stereocenters. The standard InChI is InChI=1S/C14H11ClO3S/c1-17-14(16)11-4-2-8-7-19-12-5-3-9(15)6-10(12)13(8)18-11/h3-6H,2,7H2,1H3. The Labute approximate surface area is 120 Å². The summed E-state index contributed by atoms with van der Waals surface area (Å²) in [5.41, 5.74) is 2.13. The summed E-state index contributed by atoms with van der Waals surface area (Å²) in [5.74, 6) is 1.42. The fourth-order valence-corrected chi connectivity index (χ4v) is 3.32. The zero-order valence-electron chi connectivity index (χ0n) is 10.2. The van der Waals surface area contributed by atoms with Crippen molar-refractivity contribution in [3.63, 3.8) is 0 Å². The number of allylic oxidation sites excluding steroid dienone is 1. The summed E-state index contributed by atoms with van der Waals surface area (Å²) in [6.07, 6.45) is 2.47. The summed E-state index contributed by atoms with van der Waals surface area (Å²) in [5, 5.41) is 0.658. The molecule has 2 heterocycles. The Morgan fingerprint density at radius 1 is 1.47 bits per heavy atom. The van der Waals surface area contributed by atoms with Crippen LogP contribution in [0.4, 0.5) is 0 Å². The highest BCUT2D eigenvalue weighted by Crippen LogP contribution is 2.42. The Kier molecular flexibility index (Phi) is 3.29. The minimum atomic E-state index is -0.451. The van der Waals surface area contributed by atoms with Crippen molar-refractivity contribution < 1.29 is 14.3 Å². The van der Waals surface area contributed by atoms with Crippen LogP contribution in [0.15, 0.2) is 40.5 Å². The molecule has 3 rings (SSSR count). The fraction of sp³-hybridized carbons (Fsp3) is 0.214. The van der Waals surface area contributed by atoms with Gasteiger partial charge in [-0.2, -0.15) is 0 Å². The van der Waals surface area contributed by atoms with Gasteiger partial charge in [-0.05, 0) is 36.3 Å². The summed E-state index contributed by atoms with van der Waals surface area (Å²) < 4.78 is 10.4. The van der Waals surface area contributed by atoms with Crippen molar-refractivity contribution in [1.82, 2.24) is 0 Å². The number of methoxy groups -OCH3 is 1. The third kappa shape index (κ3) is 2.26. The molecule has 0 saturated carbocycles. The lowest BCUT2D eigenvalue weighted by Crippen LogP contribution is -2.15. The molecule has 3 nitrogen and oxygen atoms in total. The molecule has 0 amide bonds. The highest BCUT2D eigenvalue weighted by atomic mass is 35.5. The molecule has 1 aromatic carbocycles. The van der Waals surface area contributed by atoms with E-state index in [0.29, 0.717) is 11.4 Å². The summed E-state index contributed by atoms with van der Waals surface area (Å²) >= 11 is 7.80. The minimum Gasteiger partial charge on any atom is -0.463 e. The van der Waals surface area contributed by atoms with E-state index in [0.717, 1.165) is 22.0 Å². The summed E-state index contributed by atoms with van der Waals surface area (Å²) in [4.78, 5) is 12.7. The maximum atomic E-state index is 11.6. The lowest BCUT2D eigenvalue weighted by molar-refractivity contribution is -0.139. The first-order valence-electron chi connectivity index (χ1n) is 5.80. The van der Waals surface area contributed by atoms with Crippen molar-refractivity contribution in [2.45, 2.75) is 11.3 Å². The number of rotatable bonds is 1. The number of ether oxygens (including phenoxy) is 2. The van der Waals surface area contributed by atoms with Crippen LogP contribution in [0.2, 0.25) is 5.02 Å². The Morgan fingerprint density at radius 3 is 3.11 bits per heavy atom. The second-order valence-electron chi connectivity index (χ2n) is 4.23. The third-order valence-corrected chi connectivity index (χ3v) is 4.44. The number of benzene rings is 1. The van der Waals surface area contributed by atoms with Crippen molar-refractivity contribution in [3.05, 3.63) is 46.2 Å². The van der Waals surface area contributed by atoms with Gasteiger partial charge in [0, 0.05) is 21.2 Å². The Hall–Kier alpha value is -1.39. The maximum absolute atomic E-state index is 11.6. The number of hydrogen-bond acceptors (Lipinski definition) is 4. The van der Waals surface area contributed by atoms with E-state index < -0.39 is 5.97 Å². The molecule has 0 aliphatic carbocycles. The highest BCUT2D eigenvalue weighted by Gasteiger charge is 2.27. The van der Waals surface area contributed by atoms with E-state index in [1.54, 1.807) is 17.8 Å². The molecule has 0 atom stereocenters. The zero-order valence-corrected chi connectivity index (χ0v) is 11.8. The van der Waals surface area contributed by atoms with Crippen molar-refractivity contribution >= 4 is 35.1 Å². The first-order valence-corrected chi connectivity index (χ1v) is 7.16. The Bertz CT molecular complexity index is 619. The SMILES string of the molecule is COC(=O)C1=CCC2=C(O1)c1cc(Cl)ccc1SC2. The molecule has 19 heavy (non-hydrogen) atoms. The van der Waals surface area contributed by atoms with Crippen LogP contribution >= 0.6 is 23.4 Å². The van der Waals surface area contributed by atoms with Crippen LogP contribution in [0.25, 0.3) is 5.76 Å². The molecule has 1 aromatic rings. The minimum absolute atomic E-state index is 0.249. The van der Waals surface area contributed by atoms with Crippen LogP contribution in [-0.2, 0) is 14.3 Å². The quantitative estimate of drug-likeness (QED) is 0.741. The van der Waals surface area contributed by atoms with Crippen molar-refractivity contribution in [1.29, 1.82) is 0 Å². The molecule has 2 aliphatic heterocycles. The average molecular weight is 295 g/mol. The van der Waals surface area contributed by atoms with Crippen LogP contribution in [-0.4, -0.2) is 18.8 Å². The predicted molar refractivity (Wildman–Crippen MR) is 74.9 cm³/mol. The van der Waals surface area contributed by atoms with Gasteiger partial charge < -0.3 is 9.47 Å². The number of hydrogen-bond donors (Lipinski definition) is 0. The van der Waals surface area contributed by atoms with Gasteiger partial charge in [0.2, 0.25) is 5.76 Å². The van der Waals surface area contributed by atoms with Crippen LogP contribution in [0, 0.1) is 0 Å². The van der Waals surface area contributed by atoms with Gasteiger partial charge in [-0.3, -0.25) is 0 Å². The highest BCUT2D eigenvalue weighted by molar-refractivity contribution is 7.99. The summed E-state index contributed by atoms with van der Waals surface area (Å²) in [6.45, 7) is 0. The van der Waals surface area contributed by atoms with E-state index in [2.05, 4.69) is 0 Å². The zero-order chi connectivity index (χ0) is 13.4. The van der Waals surface area contributed by atoms with Gasteiger partial charge in [-0.15, -0.1) is 11.8 Å². The van der Waals surface area contributed by atoms with E-state index in [4.69, 9.17) is 21.1 Å². The van der Waals surface area contributed by atoms with Crippen molar-refractivity contribution in [3.8, 4) is 0 Å². The normalized spacial score (nSPS) is 17.1. The topological polar surface area (TPSA) is 35.5 Å². The largest absolute Gasteiger partial charge is 0.463 e. The Balaban J connectivity index is 1.99. The second kappa shape index (κ2) is 4.94. The van der Waals surface area contributed by atoms with Gasteiger partial charge >= 0.3 is 5.97 Å². The van der Waals surface area contributed by atoms with Gasteiger partial charge in [-0.1, -0.05) is 11.6 Å². The van der Waals surface area contributed by atoms with Crippen LogP contribution < -0.4 is 0 Å². The van der Waals surface area contributed by atoms with Crippen LogP contribution in [0.3, 0.4) is 0 Å². The molecule has 0 radical (unpaired) electrons. The molecule has 0 N–H and O–H groups in total.